The maximum Gasteiger partial charge on any atom is 0.193 e. The first-order valence-electron chi connectivity index (χ1n) is 17.1. The van der Waals surface area contributed by atoms with Gasteiger partial charge in [-0.05, 0) is 79.6 Å². The van der Waals surface area contributed by atoms with Crippen molar-refractivity contribution in [2.24, 2.45) is 17.8 Å². The monoisotopic (exact) mass is 626 g/mol. The van der Waals surface area contributed by atoms with Gasteiger partial charge in [0, 0.05) is 5.92 Å². The summed E-state index contributed by atoms with van der Waals surface area (Å²) in [7, 11) is -5.75. The molecule has 4 nitrogen and oxygen atoms in total. The van der Waals surface area contributed by atoms with Gasteiger partial charge in [0.05, 0.1) is 12.2 Å². The number of Topliss-reactive ketones (excluding diaryl/α,β-unsaturated/α-hetero) is 1. The summed E-state index contributed by atoms with van der Waals surface area (Å²) in [5.41, 5.74) is 0. The molecule has 7 heteroatoms. The summed E-state index contributed by atoms with van der Waals surface area (Å²) in [6, 6.07) is 9.83. The van der Waals surface area contributed by atoms with Gasteiger partial charge in [-0.25, -0.2) is 0 Å². The lowest BCUT2D eigenvalue weighted by molar-refractivity contribution is -0.125. The maximum atomic E-state index is 13.0. The molecule has 0 spiro atoms. The molecule has 0 N–H and O–H groups in total. The van der Waals surface area contributed by atoms with Gasteiger partial charge < -0.3 is 13.3 Å². The predicted molar refractivity (Wildman–Crippen MR) is 188 cm³/mol. The summed E-state index contributed by atoms with van der Waals surface area (Å²) in [5, 5.41) is 0. The van der Waals surface area contributed by atoms with Gasteiger partial charge >= 0.3 is 0 Å². The molecule has 0 radical (unpaired) electrons. The zero-order chi connectivity index (χ0) is 31.9. The van der Waals surface area contributed by atoms with Gasteiger partial charge in [-0.2, -0.15) is 0 Å². The molecular formula is C34H70O4Si3. The first-order chi connectivity index (χ1) is 19.3. The third kappa shape index (κ3) is 11.6. The number of rotatable bonds is 24. The normalized spacial score (nSPS) is 17.7. The summed E-state index contributed by atoms with van der Waals surface area (Å²) < 4.78 is 21.6. The van der Waals surface area contributed by atoms with Gasteiger partial charge in [-0.15, -0.1) is 0 Å². The Labute approximate surface area is 259 Å². The standard InChI is InChI=1S/C34H70O4Si3/c1-15-25-26-28(11)33(37-40(19-5,20-6)21-7)30(13)34(38-41(22-8,23-9)24-10)29(12)27-32(31(14)35)36-39(16-2,17-3)18-4/h15,25-26,28-30,32-34H,1,16-24,27H2,2-14H3/b26-25+/t28-,29-,30-,32-,33-,34-/m0/s1. The number of carbonyl (C=O) groups excluding carboxylic acids is 1. The number of hydrogen-bond acceptors (Lipinski definition) is 4. The second-order valence-electron chi connectivity index (χ2n) is 12.7. The summed E-state index contributed by atoms with van der Waals surface area (Å²) >= 11 is 0. The van der Waals surface area contributed by atoms with Crippen molar-refractivity contribution in [2.45, 2.75) is 169 Å². The summed E-state index contributed by atoms with van der Waals surface area (Å²) in [6.45, 7) is 33.2. The van der Waals surface area contributed by atoms with E-state index in [-0.39, 0.29) is 41.8 Å². The smallest absolute Gasteiger partial charge is 0.193 e. The molecule has 0 rings (SSSR count). The molecule has 0 saturated heterocycles. The fraction of sp³-hybridized carbons (Fsp3) is 0.853. The molecule has 0 fully saturated rings. The van der Waals surface area contributed by atoms with Crippen molar-refractivity contribution >= 4 is 30.7 Å². The molecule has 0 aliphatic heterocycles. The average Bonchev–Trinajstić information content (AvgIpc) is 2.99. The molecule has 0 bridgehead atoms. The largest absolute Gasteiger partial charge is 0.413 e. The van der Waals surface area contributed by atoms with Crippen LogP contribution in [0.3, 0.4) is 0 Å². The van der Waals surface area contributed by atoms with Gasteiger partial charge in [0.15, 0.2) is 30.7 Å². The van der Waals surface area contributed by atoms with Crippen LogP contribution in [0.15, 0.2) is 24.8 Å². The Morgan fingerprint density at radius 2 is 1.02 bits per heavy atom. The van der Waals surface area contributed by atoms with Gasteiger partial charge in [0.2, 0.25) is 0 Å². The Balaban J connectivity index is 6.79. The van der Waals surface area contributed by atoms with Gasteiger partial charge in [-0.1, -0.05) is 108 Å². The molecule has 0 aliphatic rings. The van der Waals surface area contributed by atoms with E-state index in [4.69, 9.17) is 13.3 Å². The summed E-state index contributed by atoms with van der Waals surface area (Å²) in [4.78, 5) is 13.0. The Hall–Kier alpha value is -0.319. The number of carbonyl (C=O) groups is 1. The maximum absolute atomic E-state index is 13.0. The molecule has 242 valence electrons. The fourth-order valence-corrected chi connectivity index (χ4v) is 15.5. The average molecular weight is 627 g/mol. The molecule has 0 heterocycles. The topological polar surface area (TPSA) is 44.8 Å². The van der Waals surface area contributed by atoms with E-state index >= 15 is 0 Å². The zero-order valence-corrected chi connectivity index (χ0v) is 32.6. The third-order valence-electron chi connectivity index (χ3n) is 10.7. The fourth-order valence-electron chi connectivity index (χ4n) is 6.63. The van der Waals surface area contributed by atoms with Crippen LogP contribution in [0.2, 0.25) is 54.4 Å². The van der Waals surface area contributed by atoms with Crippen LogP contribution in [0.4, 0.5) is 0 Å². The Morgan fingerprint density at radius 3 is 1.37 bits per heavy atom. The lowest BCUT2D eigenvalue weighted by Gasteiger charge is -2.45. The zero-order valence-electron chi connectivity index (χ0n) is 29.6. The van der Waals surface area contributed by atoms with Crippen LogP contribution in [-0.2, 0) is 18.1 Å². The highest BCUT2D eigenvalue weighted by molar-refractivity contribution is 6.74. The highest BCUT2D eigenvalue weighted by Crippen LogP contribution is 2.38. The van der Waals surface area contributed by atoms with E-state index in [1.807, 2.05) is 6.08 Å². The van der Waals surface area contributed by atoms with Crippen LogP contribution in [-0.4, -0.2) is 49.0 Å². The number of ketones is 1. The highest BCUT2D eigenvalue weighted by atomic mass is 28.4. The number of hydrogen-bond donors (Lipinski definition) is 0. The Morgan fingerprint density at radius 1 is 0.659 bits per heavy atom. The van der Waals surface area contributed by atoms with E-state index < -0.39 is 25.0 Å². The van der Waals surface area contributed by atoms with E-state index in [9.17, 15) is 4.79 Å². The Bertz CT molecular complexity index is 734. The van der Waals surface area contributed by atoms with Crippen molar-refractivity contribution < 1.29 is 18.1 Å². The third-order valence-corrected chi connectivity index (χ3v) is 24.6. The molecule has 0 aromatic carbocycles. The molecule has 0 aliphatic carbocycles. The quantitative estimate of drug-likeness (QED) is 0.0789. The minimum absolute atomic E-state index is 0.00904. The molecular weight excluding hydrogens is 557 g/mol. The van der Waals surface area contributed by atoms with Gasteiger partial charge in [-0.3, -0.25) is 4.79 Å². The first kappa shape index (κ1) is 40.7. The van der Waals surface area contributed by atoms with Crippen molar-refractivity contribution in [3.05, 3.63) is 24.8 Å². The van der Waals surface area contributed by atoms with Gasteiger partial charge in [0.1, 0.15) is 6.10 Å². The van der Waals surface area contributed by atoms with E-state index in [0.29, 0.717) is 6.42 Å². The molecule has 0 saturated carbocycles. The molecule has 6 atom stereocenters. The van der Waals surface area contributed by atoms with Crippen molar-refractivity contribution in [3.63, 3.8) is 0 Å². The molecule has 0 amide bonds. The first-order valence-corrected chi connectivity index (χ1v) is 24.7. The van der Waals surface area contributed by atoms with Crippen molar-refractivity contribution in [2.75, 3.05) is 0 Å². The lowest BCUT2D eigenvalue weighted by Crippen LogP contribution is -2.52. The SMILES string of the molecule is C=C/C=C/[C@H](C)[C@H](O[Si](CC)(CC)CC)[C@H](C)[C@@H](O[Si](CC)(CC)CC)[C@@H](C)C[C@H](O[Si](CC)(CC)CC)C(C)=O. The van der Waals surface area contributed by atoms with E-state index in [0.717, 1.165) is 54.4 Å². The second-order valence-corrected chi connectivity index (χ2v) is 26.8. The minimum Gasteiger partial charge on any atom is -0.413 e. The van der Waals surface area contributed by atoms with Crippen LogP contribution in [0.25, 0.3) is 0 Å². The van der Waals surface area contributed by atoms with Crippen LogP contribution in [0.1, 0.15) is 96.4 Å². The lowest BCUT2D eigenvalue weighted by atomic mass is 9.82. The molecule has 0 aromatic rings. The molecule has 0 unspecified atom stereocenters. The second kappa shape index (κ2) is 19.9. The van der Waals surface area contributed by atoms with Crippen LogP contribution in [0, 0.1) is 17.8 Å². The molecule has 0 aromatic heterocycles. The minimum atomic E-state index is -1.94. The number of allylic oxidation sites excluding steroid dienone is 2. The summed E-state index contributed by atoms with van der Waals surface area (Å²) in [5.74, 6) is 0.750. The van der Waals surface area contributed by atoms with Crippen LogP contribution in [0.5, 0.6) is 0 Å². The van der Waals surface area contributed by atoms with Crippen LogP contribution >= 0.6 is 0 Å². The molecule has 41 heavy (non-hydrogen) atoms. The van der Waals surface area contributed by atoms with Crippen molar-refractivity contribution in [1.82, 2.24) is 0 Å². The Kier molecular flexibility index (Phi) is 19.7. The van der Waals surface area contributed by atoms with Crippen molar-refractivity contribution in [3.8, 4) is 0 Å². The van der Waals surface area contributed by atoms with E-state index in [1.165, 1.54) is 0 Å². The predicted octanol–water partition coefficient (Wildman–Crippen LogP) is 10.8. The highest BCUT2D eigenvalue weighted by Gasteiger charge is 2.44. The van der Waals surface area contributed by atoms with Gasteiger partial charge in [0.25, 0.3) is 0 Å². The van der Waals surface area contributed by atoms with Crippen LogP contribution < -0.4 is 0 Å². The summed E-state index contributed by atoms with van der Waals surface area (Å²) in [6.07, 6.45) is 6.59. The van der Waals surface area contributed by atoms with E-state index in [2.05, 4.69) is 102 Å². The van der Waals surface area contributed by atoms with Crippen molar-refractivity contribution in [1.29, 1.82) is 0 Å². The van der Waals surface area contributed by atoms with E-state index in [1.54, 1.807) is 6.92 Å².